The molecule has 0 fully saturated rings. The number of para-hydroxylation sites is 1. The first-order valence-corrected chi connectivity index (χ1v) is 8.28. The van der Waals surface area contributed by atoms with Gasteiger partial charge in [-0.25, -0.2) is 4.79 Å². The molecule has 2 aromatic carbocycles. The van der Waals surface area contributed by atoms with Gasteiger partial charge in [0.25, 0.3) is 5.91 Å². The van der Waals surface area contributed by atoms with E-state index in [0.29, 0.717) is 31.0 Å². The Bertz CT molecular complexity index is 672. The van der Waals surface area contributed by atoms with E-state index in [1.165, 1.54) is 0 Å². The predicted molar refractivity (Wildman–Crippen MR) is 99.0 cm³/mol. The van der Waals surface area contributed by atoms with E-state index in [9.17, 15) is 9.59 Å². The maximum Gasteiger partial charge on any atom is 0.319 e. The van der Waals surface area contributed by atoms with Crippen LogP contribution >= 0.6 is 0 Å². The molecule has 0 spiro atoms. The number of rotatable bonds is 8. The van der Waals surface area contributed by atoms with E-state index in [0.717, 1.165) is 12.1 Å². The largest absolute Gasteiger partial charge is 0.382 e. The Morgan fingerprint density at radius 3 is 2.28 bits per heavy atom. The van der Waals surface area contributed by atoms with Crippen LogP contribution in [0.1, 0.15) is 23.7 Å². The van der Waals surface area contributed by atoms with Crippen molar-refractivity contribution >= 4 is 23.3 Å². The van der Waals surface area contributed by atoms with Gasteiger partial charge >= 0.3 is 6.03 Å². The monoisotopic (exact) mass is 341 g/mol. The minimum atomic E-state index is -0.280. The number of nitrogens with one attached hydrogen (secondary N) is 3. The highest BCUT2D eigenvalue weighted by molar-refractivity contribution is 6.04. The molecule has 3 amide bonds. The fraction of sp³-hybridized carbons (Fsp3) is 0.263. The molecular weight excluding hydrogens is 318 g/mol. The van der Waals surface area contributed by atoms with Gasteiger partial charge in [-0.15, -0.1) is 0 Å². The zero-order valence-electron chi connectivity index (χ0n) is 14.2. The van der Waals surface area contributed by atoms with Gasteiger partial charge in [0.2, 0.25) is 0 Å². The summed E-state index contributed by atoms with van der Waals surface area (Å²) in [5.74, 6) is -0.196. The van der Waals surface area contributed by atoms with Crippen LogP contribution in [-0.4, -0.2) is 31.7 Å². The molecule has 0 saturated heterocycles. The molecular formula is C19H23N3O3. The molecule has 0 atom stereocenters. The standard InChI is InChI=1S/C19H23N3O3/c1-2-25-14-6-13-20-19(24)22-17-11-9-15(10-12-17)18(23)21-16-7-4-3-5-8-16/h3-5,7-12H,2,6,13-14H2,1H3,(H,21,23)(H2,20,22,24). The third kappa shape index (κ3) is 6.64. The van der Waals surface area contributed by atoms with Gasteiger partial charge in [0.05, 0.1) is 0 Å². The Balaban J connectivity index is 1.79. The molecule has 3 N–H and O–H groups in total. The predicted octanol–water partition coefficient (Wildman–Crippen LogP) is 3.49. The quantitative estimate of drug-likeness (QED) is 0.643. The second kappa shape index (κ2) is 10.1. The summed E-state index contributed by atoms with van der Waals surface area (Å²) in [5.41, 5.74) is 1.88. The van der Waals surface area contributed by atoms with Gasteiger partial charge in [-0.2, -0.15) is 0 Å². The van der Waals surface area contributed by atoms with Crippen LogP contribution in [0.3, 0.4) is 0 Å². The number of hydrogen-bond acceptors (Lipinski definition) is 3. The molecule has 2 rings (SSSR count). The summed E-state index contributed by atoms with van der Waals surface area (Å²) in [4.78, 5) is 23.9. The van der Waals surface area contributed by atoms with Crippen LogP contribution in [0.4, 0.5) is 16.2 Å². The summed E-state index contributed by atoms with van der Waals surface area (Å²) in [5, 5.41) is 8.29. The molecule has 132 valence electrons. The lowest BCUT2D eigenvalue weighted by Gasteiger charge is -2.09. The van der Waals surface area contributed by atoms with E-state index in [4.69, 9.17) is 4.74 Å². The van der Waals surface area contributed by atoms with Gasteiger partial charge < -0.3 is 20.7 Å². The lowest BCUT2D eigenvalue weighted by molar-refractivity contribution is 0.102. The zero-order valence-corrected chi connectivity index (χ0v) is 14.2. The minimum Gasteiger partial charge on any atom is -0.382 e. The van der Waals surface area contributed by atoms with E-state index >= 15 is 0 Å². The highest BCUT2D eigenvalue weighted by Crippen LogP contribution is 2.12. The average Bonchev–Trinajstić information content (AvgIpc) is 2.63. The van der Waals surface area contributed by atoms with Crippen LogP contribution in [0.15, 0.2) is 54.6 Å². The third-order valence-corrected chi connectivity index (χ3v) is 3.39. The van der Waals surface area contributed by atoms with E-state index in [1.54, 1.807) is 24.3 Å². The van der Waals surface area contributed by atoms with Crippen LogP contribution in [0.5, 0.6) is 0 Å². The summed E-state index contributed by atoms with van der Waals surface area (Å²) in [7, 11) is 0. The molecule has 0 aliphatic rings. The summed E-state index contributed by atoms with van der Waals surface area (Å²) in [6, 6.07) is 15.7. The summed E-state index contributed by atoms with van der Waals surface area (Å²) >= 11 is 0. The minimum absolute atomic E-state index is 0.196. The fourth-order valence-corrected chi connectivity index (χ4v) is 2.13. The molecule has 0 aliphatic heterocycles. The number of carbonyl (C=O) groups excluding carboxylic acids is 2. The molecule has 2 aromatic rings. The average molecular weight is 341 g/mol. The third-order valence-electron chi connectivity index (χ3n) is 3.39. The van der Waals surface area contributed by atoms with Crippen LogP contribution < -0.4 is 16.0 Å². The fourth-order valence-electron chi connectivity index (χ4n) is 2.13. The van der Waals surface area contributed by atoms with E-state index in [-0.39, 0.29) is 11.9 Å². The van der Waals surface area contributed by atoms with Gasteiger partial charge in [-0.05, 0) is 49.7 Å². The number of anilines is 2. The molecule has 0 aliphatic carbocycles. The molecule has 6 nitrogen and oxygen atoms in total. The van der Waals surface area contributed by atoms with Crippen molar-refractivity contribution in [3.8, 4) is 0 Å². The molecule has 0 bridgehead atoms. The number of ether oxygens (including phenoxy) is 1. The smallest absolute Gasteiger partial charge is 0.319 e. The molecule has 0 heterocycles. The Hall–Kier alpha value is -2.86. The van der Waals surface area contributed by atoms with Crippen LogP contribution in [0.25, 0.3) is 0 Å². The first-order chi connectivity index (χ1) is 12.2. The van der Waals surface area contributed by atoms with Gasteiger partial charge in [0, 0.05) is 36.7 Å². The van der Waals surface area contributed by atoms with Gasteiger partial charge in [0.15, 0.2) is 0 Å². The van der Waals surface area contributed by atoms with Crippen molar-refractivity contribution in [2.75, 3.05) is 30.4 Å². The first-order valence-electron chi connectivity index (χ1n) is 8.28. The maximum absolute atomic E-state index is 12.2. The van der Waals surface area contributed by atoms with Crippen LogP contribution in [0.2, 0.25) is 0 Å². The number of urea groups is 1. The SMILES string of the molecule is CCOCCCNC(=O)Nc1ccc(C(=O)Nc2ccccc2)cc1. The van der Waals surface area contributed by atoms with Crippen molar-refractivity contribution in [2.45, 2.75) is 13.3 Å². The Kier molecular flexibility index (Phi) is 7.46. The molecule has 0 aromatic heterocycles. The van der Waals surface area contributed by atoms with Crippen molar-refractivity contribution in [1.29, 1.82) is 0 Å². The van der Waals surface area contributed by atoms with Crippen molar-refractivity contribution in [1.82, 2.24) is 5.32 Å². The topological polar surface area (TPSA) is 79.5 Å². The first kappa shape index (κ1) is 18.5. The van der Waals surface area contributed by atoms with E-state index in [2.05, 4.69) is 16.0 Å². The van der Waals surface area contributed by atoms with Crippen molar-refractivity contribution in [2.24, 2.45) is 0 Å². The van der Waals surface area contributed by atoms with Gasteiger partial charge in [0.1, 0.15) is 0 Å². The van der Waals surface area contributed by atoms with Crippen LogP contribution in [-0.2, 0) is 4.74 Å². The van der Waals surface area contributed by atoms with Gasteiger partial charge in [-0.1, -0.05) is 18.2 Å². The summed E-state index contributed by atoms with van der Waals surface area (Å²) < 4.78 is 5.20. The molecule has 25 heavy (non-hydrogen) atoms. The molecule has 0 saturated carbocycles. The Morgan fingerprint density at radius 2 is 1.60 bits per heavy atom. The summed E-state index contributed by atoms with van der Waals surface area (Å²) in [6.07, 6.45) is 0.764. The Morgan fingerprint density at radius 1 is 0.920 bits per heavy atom. The number of amides is 3. The molecule has 0 radical (unpaired) electrons. The van der Waals surface area contributed by atoms with Crippen LogP contribution in [0, 0.1) is 0 Å². The second-order valence-electron chi connectivity index (χ2n) is 5.33. The maximum atomic E-state index is 12.2. The van der Waals surface area contributed by atoms with Crippen molar-refractivity contribution in [3.63, 3.8) is 0 Å². The lowest BCUT2D eigenvalue weighted by Crippen LogP contribution is -2.30. The number of carbonyl (C=O) groups is 2. The second-order valence-corrected chi connectivity index (χ2v) is 5.33. The number of hydrogen-bond donors (Lipinski definition) is 3. The highest BCUT2D eigenvalue weighted by Gasteiger charge is 2.07. The lowest BCUT2D eigenvalue weighted by atomic mass is 10.2. The van der Waals surface area contributed by atoms with Gasteiger partial charge in [-0.3, -0.25) is 4.79 Å². The van der Waals surface area contributed by atoms with Crippen molar-refractivity contribution < 1.29 is 14.3 Å². The van der Waals surface area contributed by atoms with E-state index in [1.807, 2.05) is 37.3 Å². The van der Waals surface area contributed by atoms with Crippen molar-refractivity contribution in [3.05, 3.63) is 60.2 Å². The van der Waals surface area contributed by atoms with E-state index < -0.39 is 0 Å². The molecule has 6 heteroatoms. The summed E-state index contributed by atoms with van der Waals surface area (Å²) in [6.45, 7) is 3.78. The number of benzene rings is 2. The normalized spacial score (nSPS) is 10.1. The zero-order chi connectivity index (χ0) is 17.9. The molecule has 0 unspecified atom stereocenters. The Labute approximate surface area is 147 Å². The highest BCUT2D eigenvalue weighted by atomic mass is 16.5.